The quantitative estimate of drug-likeness (QED) is 0.436. The van der Waals surface area contributed by atoms with E-state index in [4.69, 9.17) is 26.2 Å². The number of benzene rings is 2. The first-order chi connectivity index (χ1) is 19.3. The zero-order valence-corrected chi connectivity index (χ0v) is 24.6. The van der Waals surface area contributed by atoms with Gasteiger partial charge in [-0.25, -0.2) is 9.35 Å². The van der Waals surface area contributed by atoms with Crippen molar-refractivity contribution in [2.45, 2.75) is 56.5 Å². The molecule has 0 aromatic heterocycles. The van der Waals surface area contributed by atoms with E-state index in [1.807, 2.05) is 18.2 Å². The van der Waals surface area contributed by atoms with Gasteiger partial charge in [-0.2, -0.15) is 0 Å². The molecule has 4 aliphatic rings. The van der Waals surface area contributed by atoms with E-state index < -0.39 is 15.8 Å². The molecule has 0 saturated heterocycles. The fourth-order valence-electron chi connectivity index (χ4n) is 7.06. The molecular formula is C31H38ClN3O4S. The maximum atomic E-state index is 13.2. The van der Waals surface area contributed by atoms with E-state index in [1.165, 1.54) is 11.1 Å². The van der Waals surface area contributed by atoms with Crippen LogP contribution in [0.1, 0.15) is 60.0 Å². The number of methoxy groups -OCH3 is 1. The maximum Gasteiger partial charge on any atom is 0.286 e. The number of carbonyl (C=O) groups is 1. The van der Waals surface area contributed by atoms with Crippen molar-refractivity contribution in [3.05, 3.63) is 70.3 Å². The number of nitrogens with two attached hydrogens (primary N) is 1. The minimum atomic E-state index is -3.13. The van der Waals surface area contributed by atoms with Crippen LogP contribution in [0, 0.1) is 11.8 Å². The van der Waals surface area contributed by atoms with Gasteiger partial charge in [0.1, 0.15) is 15.7 Å². The molecule has 1 fully saturated rings. The van der Waals surface area contributed by atoms with Crippen molar-refractivity contribution in [1.29, 1.82) is 0 Å². The second kappa shape index (κ2) is 11.1. The van der Waals surface area contributed by atoms with E-state index in [-0.39, 0.29) is 17.3 Å². The number of amides is 1. The van der Waals surface area contributed by atoms with Crippen LogP contribution >= 0.6 is 11.6 Å². The fourth-order valence-corrected chi connectivity index (χ4v) is 8.31. The summed E-state index contributed by atoms with van der Waals surface area (Å²) in [4.78, 5) is 15.6. The van der Waals surface area contributed by atoms with Gasteiger partial charge in [0.15, 0.2) is 0 Å². The molecule has 0 unspecified atom stereocenters. The summed E-state index contributed by atoms with van der Waals surface area (Å²) in [6, 6.07) is 11.7. The van der Waals surface area contributed by atoms with Gasteiger partial charge in [0.05, 0.1) is 18.4 Å². The van der Waals surface area contributed by atoms with Crippen molar-refractivity contribution in [2.75, 3.05) is 37.5 Å². The summed E-state index contributed by atoms with van der Waals surface area (Å²) in [6.45, 7) is 2.16. The smallest absolute Gasteiger partial charge is 0.286 e. The number of allylic oxidation sites excluding steroid dienone is 1. The molecule has 5 atom stereocenters. The molecule has 1 amide bonds. The monoisotopic (exact) mass is 583 g/mol. The number of nitrogens with zero attached hydrogens (tertiary/aromatic N) is 2. The molecule has 40 heavy (non-hydrogen) atoms. The van der Waals surface area contributed by atoms with E-state index in [0.29, 0.717) is 36.8 Å². The molecule has 2 N–H and O–H groups in total. The van der Waals surface area contributed by atoms with Crippen LogP contribution in [0.2, 0.25) is 5.02 Å². The molecule has 2 heterocycles. The second-order valence-electron chi connectivity index (χ2n) is 11.8. The largest absolute Gasteiger partial charge is 0.490 e. The minimum absolute atomic E-state index is 0.0284. The van der Waals surface area contributed by atoms with E-state index in [2.05, 4.69) is 33.5 Å². The Hall–Kier alpha value is -2.39. The highest BCUT2D eigenvalue weighted by Gasteiger charge is 2.44. The third-order valence-electron chi connectivity index (χ3n) is 9.28. The number of ether oxygens (including phenoxy) is 2. The minimum Gasteiger partial charge on any atom is -0.490 e. The van der Waals surface area contributed by atoms with Gasteiger partial charge in [-0.05, 0) is 98.2 Å². The third-order valence-corrected chi connectivity index (χ3v) is 10.9. The lowest BCUT2D eigenvalue weighted by molar-refractivity contribution is 0.0132. The topological polar surface area (TPSA) is 94.2 Å². The maximum absolute atomic E-state index is 13.2. The van der Waals surface area contributed by atoms with Crippen LogP contribution in [0.4, 0.5) is 5.69 Å². The summed E-state index contributed by atoms with van der Waals surface area (Å²) < 4.78 is 29.4. The van der Waals surface area contributed by atoms with Gasteiger partial charge in [0.25, 0.3) is 5.91 Å². The van der Waals surface area contributed by atoms with Crippen LogP contribution in [0.25, 0.3) is 0 Å². The molecule has 7 nitrogen and oxygen atoms in total. The summed E-state index contributed by atoms with van der Waals surface area (Å²) in [5.74, 6) is 1.23. The normalized spacial score (nSPS) is 33.0. The summed E-state index contributed by atoms with van der Waals surface area (Å²) in [5, 5.41) is 6.76. The van der Waals surface area contributed by atoms with Gasteiger partial charge in [-0.1, -0.05) is 29.8 Å². The predicted molar refractivity (Wildman–Crippen MR) is 160 cm³/mol. The number of fused-ring (bicyclic) bond motifs is 4. The lowest BCUT2D eigenvalue weighted by Gasteiger charge is -2.46. The molecular weight excluding hydrogens is 546 g/mol. The van der Waals surface area contributed by atoms with Crippen LogP contribution in [0.5, 0.6) is 5.75 Å². The molecule has 2 aromatic carbocycles. The van der Waals surface area contributed by atoms with Crippen LogP contribution in [0.3, 0.4) is 0 Å². The zero-order chi connectivity index (χ0) is 27.9. The molecule has 2 aromatic rings. The summed E-state index contributed by atoms with van der Waals surface area (Å²) in [6.07, 6.45) is 10.9. The Morgan fingerprint density at radius 1 is 1.20 bits per heavy atom. The number of halogens is 1. The van der Waals surface area contributed by atoms with Crippen LogP contribution in [-0.2, 0) is 26.5 Å². The molecule has 1 spiro atoms. The van der Waals surface area contributed by atoms with Gasteiger partial charge in [-0.3, -0.25) is 4.79 Å². The van der Waals surface area contributed by atoms with E-state index in [0.717, 1.165) is 61.7 Å². The van der Waals surface area contributed by atoms with Crippen LogP contribution in [0.15, 0.2) is 52.9 Å². The average molecular weight is 584 g/mol. The lowest BCUT2D eigenvalue weighted by Crippen LogP contribution is -2.49. The van der Waals surface area contributed by atoms with Crippen molar-refractivity contribution in [2.24, 2.45) is 21.3 Å². The molecule has 9 heteroatoms. The second-order valence-corrected chi connectivity index (χ2v) is 14.3. The Kier molecular flexibility index (Phi) is 7.72. The standard InChI is InChI=1S/C31H38ClN3O4S/c1-38-28-7-3-2-4-15-40(33,37)34-30(36)22-9-13-29-27(17-22)35(18-23-8-11-25(23)28)19-31(20-39-29)14-5-6-21-16-24(32)10-12-26(21)31/h3,7,9-10,12-13,16-17,23,25,28H,2,4-6,8,11,14-15,18-20H2,1H3,(H2,33,34,36,37)/b7-3+/t23-,25+,28-,31-,40-/m0/s1. The van der Waals surface area contributed by atoms with E-state index in [9.17, 15) is 9.00 Å². The van der Waals surface area contributed by atoms with E-state index in [1.54, 1.807) is 13.2 Å². The summed E-state index contributed by atoms with van der Waals surface area (Å²) in [5.41, 5.74) is 3.66. The van der Waals surface area contributed by atoms with Crippen LogP contribution in [-0.4, -0.2) is 48.8 Å². The van der Waals surface area contributed by atoms with Gasteiger partial charge in [0, 0.05) is 42.0 Å². The molecule has 2 aliphatic carbocycles. The van der Waals surface area contributed by atoms with Crippen molar-refractivity contribution < 1.29 is 18.5 Å². The number of hydrogen-bond donors (Lipinski definition) is 1. The number of aryl methyl sites for hydroxylation is 1. The summed E-state index contributed by atoms with van der Waals surface area (Å²) in [7, 11) is -1.35. The Morgan fingerprint density at radius 3 is 2.88 bits per heavy atom. The first kappa shape index (κ1) is 27.8. The summed E-state index contributed by atoms with van der Waals surface area (Å²) >= 11 is 6.40. The van der Waals surface area contributed by atoms with Crippen LogP contribution < -0.4 is 14.8 Å². The first-order valence-electron chi connectivity index (χ1n) is 14.3. The highest BCUT2D eigenvalue weighted by atomic mass is 35.5. The number of rotatable bonds is 1. The molecule has 1 saturated carbocycles. The first-order valence-corrected chi connectivity index (χ1v) is 16.5. The van der Waals surface area contributed by atoms with Gasteiger partial charge < -0.3 is 14.4 Å². The van der Waals surface area contributed by atoms with E-state index >= 15 is 0 Å². The Balaban J connectivity index is 1.44. The van der Waals surface area contributed by atoms with Crippen molar-refractivity contribution in [1.82, 2.24) is 0 Å². The number of carbonyl (C=O) groups excluding carboxylic acids is 1. The molecule has 6 rings (SSSR count). The molecule has 2 bridgehead atoms. The SMILES string of the molecule is CO[C@H]1/C=C/CCC[S@@](N)(=O)=NC(=O)c2ccc3c(c2)N(C[C@@H]2CC[C@H]21)C[C@@]1(CCCc2cc(Cl)ccc21)CO3. The predicted octanol–water partition coefficient (Wildman–Crippen LogP) is 5.69. The number of anilines is 1. The molecule has 0 radical (unpaired) electrons. The zero-order valence-electron chi connectivity index (χ0n) is 23.0. The Labute approximate surface area is 242 Å². The Bertz CT molecular complexity index is 1450. The highest BCUT2D eigenvalue weighted by Crippen LogP contribution is 2.47. The van der Waals surface area contributed by atoms with Crippen molar-refractivity contribution in [3.63, 3.8) is 0 Å². The van der Waals surface area contributed by atoms with Crippen molar-refractivity contribution in [3.8, 4) is 5.75 Å². The molecule has 214 valence electrons. The fraction of sp³-hybridized carbons (Fsp3) is 0.516. The average Bonchev–Trinajstić information content (AvgIpc) is 3.06. The van der Waals surface area contributed by atoms with Crippen molar-refractivity contribution >= 4 is 33.1 Å². The third kappa shape index (κ3) is 5.43. The lowest BCUT2D eigenvalue weighted by atomic mass is 9.68. The highest BCUT2D eigenvalue weighted by molar-refractivity contribution is 7.91. The van der Waals surface area contributed by atoms with Gasteiger partial charge in [-0.15, -0.1) is 4.36 Å². The molecule has 2 aliphatic heterocycles. The van der Waals surface area contributed by atoms with Gasteiger partial charge >= 0.3 is 0 Å². The Morgan fingerprint density at radius 2 is 2.08 bits per heavy atom. The van der Waals surface area contributed by atoms with Gasteiger partial charge in [0.2, 0.25) is 0 Å². The number of hydrogen-bond acceptors (Lipinski definition) is 5.